The van der Waals surface area contributed by atoms with Crippen LogP contribution in [0.5, 0.6) is 0 Å². The minimum Gasteiger partial charge on any atom is -0.463 e. The fourth-order valence-corrected chi connectivity index (χ4v) is 5.26. The number of aryl methyl sites for hydroxylation is 1. The van der Waals surface area contributed by atoms with Crippen LogP contribution in [-0.2, 0) is 48.9 Å². The van der Waals surface area contributed by atoms with E-state index in [2.05, 4.69) is 4.18 Å². The molecule has 1 aromatic carbocycles. The second-order valence-electron chi connectivity index (χ2n) is 12.2. The first-order chi connectivity index (χ1) is 17.7. The van der Waals surface area contributed by atoms with Crippen LogP contribution in [0.25, 0.3) is 0 Å². The van der Waals surface area contributed by atoms with Gasteiger partial charge in [0, 0.05) is 0 Å². The van der Waals surface area contributed by atoms with Gasteiger partial charge < -0.3 is 9.47 Å². The molecule has 0 heterocycles. The van der Waals surface area contributed by atoms with Gasteiger partial charge in [-0.3, -0.25) is 22.5 Å². The van der Waals surface area contributed by atoms with Crippen molar-refractivity contribution in [1.29, 1.82) is 0 Å². The Morgan fingerprint density at radius 1 is 0.949 bits per heavy atom. The van der Waals surface area contributed by atoms with E-state index in [0.29, 0.717) is 6.42 Å². The number of carbonyl (C=O) groups is 2. The highest BCUT2D eigenvalue weighted by Crippen LogP contribution is 2.37. The first-order valence-electron chi connectivity index (χ1n) is 12.8. The lowest BCUT2D eigenvalue weighted by molar-refractivity contribution is -0.162. The number of esters is 2. The Morgan fingerprint density at radius 2 is 1.51 bits per heavy atom. The molecule has 10 nitrogen and oxygen atoms in total. The van der Waals surface area contributed by atoms with Crippen LogP contribution in [0.1, 0.15) is 73.8 Å². The van der Waals surface area contributed by atoms with E-state index in [1.807, 2.05) is 48.5 Å². The molecule has 0 saturated heterocycles. The molecule has 1 rings (SSSR count). The van der Waals surface area contributed by atoms with Crippen LogP contribution in [0, 0.1) is 29.6 Å². The Balaban J connectivity index is 2.96. The predicted molar refractivity (Wildman–Crippen MR) is 147 cm³/mol. The van der Waals surface area contributed by atoms with E-state index in [-0.39, 0.29) is 29.9 Å². The topological polar surface area (TPSA) is 142 Å². The van der Waals surface area contributed by atoms with Gasteiger partial charge >= 0.3 is 23.3 Å². The Morgan fingerprint density at radius 3 is 2.00 bits per heavy atom. The van der Waals surface area contributed by atoms with Crippen molar-refractivity contribution in [2.75, 3.05) is 13.2 Å². The van der Waals surface area contributed by atoms with Crippen molar-refractivity contribution in [3.05, 3.63) is 29.8 Å². The first kappa shape index (κ1) is 35.2. The maximum Gasteiger partial charge on any atom is 0.309 e. The molecule has 5 atom stereocenters. The molecule has 0 aliphatic heterocycles. The van der Waals surface area contributed by atoms with Gasteiger partial charge in [-0.25, -0.2) is 0 Å². The molecule has 0 aliphatic rings. The second kappa shape index (κ2) is 14.7. The average Bonchev–Trinajstić information content (AvgIpc) is 2.77. The van der Waals surface area contributed by atoms with E-state index in [1.54, 1.807) is 12.1 Å². The zero-order valence-corrected chi connectivity index (χ0v) is 26.0. The summed E-state index contributed by atoms with van der Waals surface area (Å²) in [7, 11) is -4.04. The van der Waals surface area contributed by atoms with Crippen LogP contribution < -0.4 is 0 Å². The van der Waals surface area contributed by atoms with Crippen LogP contribution in [0.15, 0.2) is 29.2 Å². The number of rotatable bonds is 14. The molecule has 224 valence electrons. The van der Waals surface area contributed by atoms with Gasteiger partial charge in [0.25, 0.3) is 10.1 Å². The number of hydrogen-bond donors (Lipinski definition) is 1. The lowest BCUT2D eigenvalue weighted by Crippen LogP contribution is -2.37. The highest BCUT2D eigenvalue weighted by atomic mass is 32.2. The summed E-state index contributed by atoms with van der Waals surface area (Å²) in [5.41, 5.74) is 0.0497. The molecular formula is C27H44O10S2. The van der Waals surface area contributed by atoms with Crippen molar-refractivity contribution in [1.82, 2.24) is 0 Å². The Labute approximate surface area is 235 Å². The predicted octanol–water partition coefficient (Wildman–Crippen LogP) is 4.82. The summed E-state index contributed by atoms with van der Waals surface area (Å²) >= 11 is -2.48. The van der Waals surface area contributed by atoms with Crippen molar-refractivity contribution < 1.29 is 44.6 Å². The smallest absolute Gasteiger partial charge is 0.309 e. The first-order valence-corrected chi connectivity index (χ1v) is 15.3. The molecule has 39 heavy (non-hydrogen) atoms. The zero-order chi connectivity index (χ0) is 30.2. The summed E-state index contributed by atoms with van der Waals surface area (Å²) in [5, 5.41) is 0. The van der Waals surface area contributed by atoms with Gasteiger partial charge in [-0.2, -0.15) is 12.6 Å². The molecule has 0 radical (unpaired) electrons. The van der Waals surface area contributed by atoms with Crippen molar-refractivity contribution >= 4 is 33.4 Å². The SMILES string of the molecule is Cc1ccc(S(=O)(=O)OC(C)COC(=O)C(CC(C(=O)OC(C)COS(=O)O)C(C)(C)C)CC(C)(C)C)cc1. The largest absolute Gasteiger partial charge is 0.463 e. The highest BCUT2D eigenvalue weighted by molar-refractivity contribution is 7.86. The summed E-state index contributed by atoms with van der Waals surface area (Å²) in [4.78, 5) is 26.3. The third kappa shape index (κ3) is 13.4. The van der Waals surface area contributed by atoms with Gasteiger partial charge in [-0.1, -0.05) is 59.2 Å². The van der Waals surface area contributed by atoms with Gasteiger partial charge in [0.05, 0.1) is 16.7 Å². The van der Waals surface area contributed by atoms with Crippen molar-refractivity contribution in [2.45, 2.75) is 92.3 Å². The van der Waals surface area contributed by atoms with Crippen LogP contribution >= 0.6 is 0 Å². The van der Waals surface area contributed by atoms with Crippen LogP contribution in [0.2, 0.25) is 0 Å². The maximum absolute atomic E-state index is 13.2. The van der Waals surface area contributed by atoms with E-state index >= 15 is 0 Å². The highest BCUT2D eigenvalue weighted by Gasteiger charge is 2.39. The lowest BCUT2D eigenvalue weighted by Gasteiger charge is -2.34. The standard InChI is InChI=1S/C27H44O10S2/c1-18-10-12-22(13-11-18)39(32,33)37-20(3)16-34-24(28)21(15-26(4,5)6)14-23(27(7,8)9)25(29)36-19(2)17-35-38(30)31/h10-13,19-21,23H,14-17H2,1-9H3,(H,30,31). The summed E-state index contributed by atoms with van der Waals surface area (Å²) in [6.07, 6.45) is -1.17. The van der Waals surface area contributed by atoms with Gasteiger partial charge in [-0.15, -0.1) is 0 Å². The molecule has 5 unspecified atom stereocenters. The third-order valence-electron chi connectivity index (χ3n) is 5.82. The molecule has 1 aromatic rings. The van der Waals surface area contributed by atoms with Crippen LogP contribution in [0.4, 0.5) is 0 Å². The van der Waals surface area contributed by atoms with Gasteiger partial charge in [-0.05, 0) is 56.6 Å². The molecule has 0 aromatic heterocycles. The minimum atomic E-state index is -4.04. The van der Waals surface area contributed by atoms with Crippen molar-refractivity contribution in [3.63, 3.8) is 0 Å². The van der Waals surface area contributed by atoms with Crippen LogP contribution in [0.3, 0.4) is 0 Å². The van der Waals surface area contributed by atoms with Crippen molar-refractivity contribution in [2.24, 2.45) is 22.7 Å². The summed E-state index contributed by atoms with van der Waals surface area (Å²) in [5.74, 6) is -2.51. The lowest BCUT2D eigenvalue weighted by atomic mass is 9.72. The zero-order valence-electron chi connectivity index (χ0n) is 24.4. The number of benzene rings is 1. The summed E-state index contributed by atoms with van der Waals surface area (Å²) in [6, 6.07) is 6.22. The molecule has 0 bridgehead atoms. The number of hydrogen-bond acceptors (Lipinski definition) is 9. The number of ether oxygens (including phenoxy) is 2. The normalized spacial score (nSPS) is 16.6. The molecule has 0 fully saturated rings. The Bertz CT molecular complexity index is 1070. The van der Waals surface area contributed by atoms with E-state index in [9.17, 15) is 22.2 Å². The quantitative estimate of drug-likeness (QED) is 0.181. The van der Waals surface area contributed by atoms with E-state index in [4.69, 9.17) is 18.2 Å². The Hall–Kier alpha value is -1.86. The fraction of sp³-hybridized carbons (Fsp3) is 0.704. The molecule has 0 aliphatic carbocycles. The molecular weight excluding hydrogens is 548 g/mol. The second-order valence-corrected chi connectivity index (χ2v) is 14.4. The average molecular weight is 593 g/mol. The summed E-state index contributed by atoms with van der Waals surface area (Å²) in [6.45, 7) is 15.8. The third-order valence-corrected chi connectivity index (χ3v) is 7.59. The van der Waals surface area contributed by atoms with Crippen LogP contribution in [-0.4, -0.2) is 54.5 Å². The molecule has 0 amide bonds. The van der Waals surface area contributed by atoms with E-state index < -0.39 is 62.9 Å². The van der Waals surface area contributed by atoms with E-state index in [1.165, 1.54) is 26.0 Å². The molecule has 12 heteroatoms. The minimum absolute atomic E-state index is 0.00766. The van der Waals surface area contributed by atoms with E-state index in [0.717, 1.165) is 5.56 Å². The van der Waals surface area contributed by atoms with Gasteiger partial charge in [0.1, 0.15) is 25.4 Å². The maximum atomic E-state index is 13.2. The number of carbonyl (C=O) groups excluding carboxylic acids is 2. The molecule has 0 spiro atoms. The molecule has 0 saturated carbocycles. The van der Waals surface area contributed by atoms with Crippen molar-refractivity contribution in [3.8, 4) is 0 Å². The molecule has 1 N–H and O–H groups in total. The van der Waals surface area contributed by atoms with Gasteiger partial charge in [0.2, 0.25) is 0 Å². The fourth-order valence-electron chi connectivity index (χ4n) is 3.88. The monoisotopic (exact) mass is 592 g/mol. The Kier molecular flexibility index (Phi) is 13.2. The summed E-state index contributed by atoms with van der Waals surface area (Å²) < 4.78 is 65.5. The van der Waals surface area contributed by atoms with Gasteiger partial charge in [0.15, 0.2) is 0 Å².